The molecule has 0 aliphatic heterocycles. The minimum atomic E-state index is 0.822. The first-order valence-corrected chi connectivity index (χ1v) is 7.72. The van der Waals surface area contributed by atoms with Crippen LogP contribution in [0, 0.1) is 0 Å². The molecule has 0 saturated heterocycles. The van der Waals surface area contributed by atoms with Crippen molar-refractivity contribution in [2.45, 2.75) is 18.4 Å². The van der Waals surface area contributed by atoms with E-state index in [2.05, 4.69) is 36.5 Å². The zero-order valence-corrected chi connectivity index (χ0v) is 12.0. The van der Waals surface area contributed by atoms with E-state index in [1.165, 1.54) is 15.5 Å². The Labute approximate surface area is 115 Å². The van der Waals surface area contributed by atoms with Crippen LogP contribution in [0.4, 0.5) is 5.69 Å². The van der Waals surface area contributed by atoms with Gasteiger partial charge in [-0.15, -0.1) is 23.1 Å². The maximum absolute atomic E-state index is 5.90. The standard InChI is InChI=1S/C13H14ClNS2/c1-2-16-13-6-4-3-5-12(13)15-8-11-7-10(14)9-17-11/h3-7,9,15H,2,8H2,1H3. The molecule has 0 atom stereocenters. The first kappa shape index (κ1) is 12.8. The quantitative estimate of drug-likeness (QED) is 0.764. The van der Waals surface area contributed by atoms with E-state index < -0.39 is 0 Å². The van der Waals surface area contributed by atoms with Gasteiger partial charge in [0.1, 0.15) is 0 Å². The lowest BCUT2D eigenvalue weighted by molar-refractivity contribution is 1.17. The number of thiophene rings is 1. The van der Waals surface area contributed by atoms with Crippen LogP contribution in [0.1, 0.15) is 11.8 Å². The molecule has 1 nitrogen and oxygen atoms in total. The molecule has 90 valence electrons. The lowest BCUT2D eigenvalue weighted by Crippen LogP contribution is -1.98. The molecule has 2 aromatic rings. The summed E-state index contributed by atoms with van der Waals surface area (Å²) in [5, 5.41) is 6.24. The Morgan fingerprint density at radius 1 is 1.35 bits per heavy atom. The van der Waals surface area contributed by atoms with E-state index in [4.69, 9.17) is 11.6 Å². The van der Waals surface area contributed by atoms with Crippen LogP contribution in [0.25, 0.3) is 0 Å². The van der Waals surface area contributed by atoms with Gasteiger partial charge in [-0.05, 0) is 24.0 Å². The van der Waals surface area contributed by atoms with Gasteiger partial charge >= 0.3 is 0 Å². The summed E-state index contributed by atoms with van der Waals surface area (Å²) in [7, 11) is 0. The minimum absolute atomic E-state index is 0.822. The molecule has 4 heteroatoms. The second-order valence-electron chi connectivity index (χ2n) is 3.51. The summed E-state index contributed by atoms with van der Waals surface area (Å²) in [6.45, 7) is 3.00. The highest BCUT2D eigenvalue weighted by Gasteiger charge is 2.02. The summed E-state index contributed by atoms with van der Waals surface area (Å²) < 4.78 is 0. The van der Waals surface area contributed by atoms with Gasteiger partial charge in [-0.25, -0.2) is 0 Å². The average Bonchev–Trinajstić information content (AvgIpc) is 2.74. The summed E-state index contributed by atoms with van der Waals surface area (Å²) in [6, 6.07) is 10.4. The molecule has 1 heterocycles. The van der Waals surface area contributed by atoms with Crippen molar-refractivity contribution in [1.82, 2.24) is 0 Å². The molecule has 0 fully saturated rings. The molecule has 17 heavy (non-hydrogen) atoms. The number of hydrogen-bond donors (Lipinski definition) is 1. The largest absolute Gasteiger partial charge is 0.379 e. The van der Waals surface area contributed by atoms with Gasteiger partial charge in [-0.3, -0.25) is 0 Å². The first-order chi connectivity index (χ1) is 8.29. The lowest BCUT2D eigenvalue weighted by atomic mass is 10.3. The molecule has 0 spiro atoms. The summed E-state index contributed by atoms with van der Waals surface area (Å²) in [5.74, 6) is 1.09. The Hall–Kier alpha value is -0.640. The van der Waals surface area contributed by atoms with Crippen LogP contribution in [0.2, 0.25) is 5.02 Å². The highest BCUT2D eigenvalue weighted by molar-refractivity contribution is 7.99. The van der Waals surface area contributed by atoms with Crippen LogP contribution in [-0.4, -0.2) is 5.75 Å². The van der Waals surface area contributed by atoms with Gasteiger partial charge in [-0.2, -0.15) is 0 Å². The molecular weight excluding hydrogens is 270 g/mol. The predicted octanol–water partition coefficient (Wildman–Crippen LogP) is 5.13. The fraction of sp³-hybridized carbons (Fsp3) is 0.231. The van der Waals surface area contributed by atoms with Gasteiger partial charge in [0.25, 0.3) is 0 Å². The van der Waals surface area contributed by atoms with Crippen LogP contribution in [0.3, 0.4) is 0 Å². The fourth-order valence-electron chi connectivity index (χ4n) is 1.52. The van der Waals surface area contributed by atoms with Crippen molar-refractivity contribution in [3.63, 3.8) is 0 Å². The second-order valence-corrected chi connectivity index (χ2v) is 6.25. The van der Waals surface area contributed by atoms with E-state index in [1.807, 2.05) is 23.2 Å². The number of benzene rings is 1. The summed E-state index contributed by atoms with van der Waals surface area (Å²) in [4.78, 5) is 2.56. The van der Waals surface area contributed by atoms with Gasteiger partial charge in [-0.1, -0.05) is 30.7 Å². The summed E-state index contributed by atoms with van der Waals surface area (Å²) >= 11 is 9.45. The highest BCUT2D eigenvalue weighted by atomic mass is 35.5. The van der Waals surface area contributed by atoms with Crippen molar-refractivity contribution in [3.8, 4) is 0 Å². The SMILES string of the molecule is CCSc1ccccc1NCc1cc(Cl)cs1. The van der Waals surface area contributed by atoms with E-state index in [0.29, 0.717) is 0 Å². The Morgan fingerprint density at radius 3 is 2.88 bits per heavy atom. The third kappa shape index (κ3) is 3.66. The summed E-state index contributed by atoms with van der Waals surface area (Å²) in [5.41, 5.74) is 1.20. The van der Waals surface area contributed by atoms with E-state index in [1.54, 1.807) is 11.3 Å². The van der Waals surface area contributed by atoms with Crippen LogP contribution in [0.5, 0.6) is 0 Å². The van der Waals surface area contributed by atoms with Crippen LogP contribution < -0.4 is 5.32 Å². The van der Waals surface area contributed by atoms with Gasteiger partial charge in [0.2, 0.25) is 0 Å². The van der Waals surface area contributed by atoms with E-state index in [9.17, 15) is 0 Å². The molecule has 0 bridgehead atoms. The maximum atomic E-state index is 5.90. The Kier molecular flexibility index (Phi) is 4.77. The molecule has 0 unspecified atom stereocenters. The smallest absolute Gasteiger partial charge is 0.0516 e. The Bertz CT molecular complexity index is 482. The van der Waals surface area contributed by atoms with Crippen molar-refractivity contribution in [3.05, 3.63) is 45.6 Å². The zero-order valence-electron chi connectivity index (χ0n) is 9.57. The van der Waals surface area contributed by atoms with Crippen molar-refractivity contribution < 1.29 is 0 Å². The Morgan fingerprint density at radius 2 is 2.18 bits per heavy atom. The van der Waals surface area contributed by atoms with Crippen LogP contribution in [0.15, 0.2) is 40.6 Å². The number of para-hydroxylation sites is 1. The number of halogens is 1. The zero-order chi connectivity index (χ0) is 12.1. The minimum Gasteiger partial charge on any atom is -0.379 e. The summed E-state index contributed by atoms with van der Waals surface area (Å²) in [6.07, 6.45) is 0. The predicted molar refractivity (Wildman–Crippen MR) is 79.5 cm³/mol. The van der Waals surface area contributed by atoms with Crippen molar-refractivity contribution in [1.29, 1.82) is 0 Å². The molecule has 1 aromatic carbocycles. The number of rotatable bonds is 5. The van der Waals surface area contributed by atoms with E-state index >= 15 is 0 Å². The van der Waals surface area contributed by atoms with Gasteiger partial charge in [0.15, 0.2) is 0 Å². The maximum Gasteiger partial charge on any atom is 0.0516 e. The van der Waals surface area contributed by atoms with Crippen LogP contribution >= 0.6 is 34.7 Å². The molecule has 1 aromatic heterocycles. The van der Waals surface area contributed by atoms with Crippen molar-refractivity contribution in [2.75, 3.05) is 11.1 Å². The topological polar surface area (TPSA) is 12.0 Å². The van der Waals surface area contributed by atoms with Gasteiger partial charge in [0, 0.05) is 27.4 Å². The number of anilines is 1. The lowest BCUT2D eigenvalue weighted by Gasteiger charge is -2.09. The molecule has 2 rings (SSSR count). The first-order valence-electron chi connectivity index (χ1n) is 5.48. The third-order valence-electron chi connectivity index (χ3n) is 2.26. The number of thioether (sulfide) groups is 1. The molecular formula is C13H14ClNS2. The number of nitrogens with one attached hydrogen (secondary N) is 1. The molecule has 0 amide bonds. The van der Waals surface area contributed by atoms with Gasteiger partial charge < -0.3 is 5.32 Å². The van der Waals surface area contributed by atoms with Crippen molar-refractivity contribution >= 4 is 40.4 Å². The second kappa shape index (κ2) is 6.34. The van der Waals surface area contributed by atoms with Gasteiger partial charge in [0.05, 0.1) is 5.02 Å². The van der Waals surface area contributed by atoms with E-state index in [0.717, 1.165) is 17.3 Å². The molecule has 0 aliphatic carbocycles. The number of hydrogen-bond acceptors (Lipinski definition) is 3. The highest BCUT2D eigenvalue weighted by Crippen LogP contribution is 2.28. The fourth-order valence-corrected chi connectivity index (χ4v) is 3.32. The van der Waals surface area contributed by atoms with E-state index in [-0.39, 0.29) is 0 Å². The Balaban J connectivity index is 2.03. The third-order valence-corrected chi connectivity index (χ3v) is 4.50. The normalized spacial score (nSPS) is 10.5. The molecule has 0 saturated carbocycles. The van der Waals surface area contributed by atoms with Crippen molar-refractivity contribution in [2.24, 2.45) is 0 Å². The molecule has 1 N–H and O–H groups in total. The van der Waals surface area contributed by atoms with Crippen LogP contribution in [-0.2, 0) is 6.54 Å². The monoisotopic (exact) mass is 283 g/mol. The molecule has 0 aliphatic rings. The molecule has 0 radical (unpaired) electrons. The average molecular weight is 284 g/mol.